The molecular weight excluding hydrogens is 148 g/mol. The van der Waals surface area contributed by atoms with E-state index < -0.39 is 0 Å². The van der Waals surface area contributed by atoms with Crippen LogP contribution in [-0.2, 0) is 4.74 Å². The first-order valence-corrected chi connectivity index (χ1v) is 4.18. The van der Waals surface area contributed by atoms with E-state index in [-0.39, 0.29) is 0 Å². The van der Waals surface area contributed by atoms with E-state index in [9.17, 15) is 0 Å². The van der Waals surface area contributed by atoms with Crippen LogP contribution in [0.1, 0.15) is 18.1 Å². The maximum atomic E-state index is 5.11. The fourth-order valence-corrected chi connectivity index (χ4v) is 0.991. The fraction of sp³-hybridized carbons (Fsp3) is 0.273. The number of aryl methyl sites for hydroxylation is 1. The molecule has 0 aliphatic heterocycles. The van der Waals surface area contributed by atoms with Crippen molar-refractivity contribution in [2.45, 2.75) is 13.8 Å². The van der Waals surface area contributed by atoms with Crippen molar-refractivity contribution < 1.29 is 4.74 Å². The summed E-state index contributed by atoms with van der Waals surface area (Å²) in [5.74, 6) is 0. The predicted octanol–water partition coefficient (Wildman–Crippen LogP) is 3.00. The summed E-state index contributed by atoms with van der Waals surface area (Å²) >= 11 is 0. The largest absolute Gasteiger partial charge is 0.501 e. The molecule has 0 atom stereocenters. The zero-order valence-electron chi connectivity index (χ0n) is 7.58. The average Bonchev–Trinajstić information content (AvgIpc) is 2.09. The third kappa shape index (κ3) is 2.42. The highest BCUT2D eigenvalue weighted by Gasteiger charge is 1.89. The highest BCUT2D eigenvalue weighted by atomic mass is 16.5. The molecule has 0 spiro atoms. The van der Waals surface area contributed by atoms with Crippen molar-refractivity contribution in [3.8, 4) is 0 Å². The van der Waals surface area contributed by atoms with Gasteiger partial charge in [0.25, 0.3) is 0 Å². The molecule has 1 aromatic rings. The summed E-state index contributed by atoms with van der Waals surface area (Å²) in [7, 11) is 0. The van der Waals surface area contributed by atoms with Gasteiger partial charge in [0, 0.05) is 0 Å². The van der Waals surface area contributed by atoms with E-state index in [1.807, 2.05) is 25.1 Å². The number of hydrogen-bond donors (Lipinski definition) is 0. The summed E-state index contributed by atoms with van der Waals surface area (Å²) in [5.41, 5.74) is 2.49. The summed E-state index contributed by atoms with van der Waals surface area (Å²) in [5, 5.41) is 0. The Bertz CT molecular complexity index is 263. The molecule has 0 aliphatic carbocycles. The molecule has 0 amide bonds. The lowest BCUT2D eigenvalue weighted by atomic mass is 10.1. The van der Waals surface area contributed by atoms with E-state index in [1.165, 1.54) is 11.1 Å². The van der Waals surface area contributed by atoms with Crippen LogP contribution in [0.25, 0.3) is 6.08 Å². The van der Waals surface area contributed by atoms with Crippen LogP contribution in [0.5, 0.6) is 0 Å². The second-order valence-electron chi connectivity index (χ2n) is 2.61. The topological polar surface area (TPSA) is 9.23 Å². The van der Waals surface area contributed by atoms with Gasteiger partial charge in [-0.1, -0.05) is 24.3 Å². The molecule has 1 nitrogen and oxygen atoms in total. The zero-order valence-corrected chi connectivity index (χ0v) is 7.58. The maximum absolute atomic E-state index is 5.11. The van der Waals surface area contributed by atoms with Gasteiger partial charge in [0.05, 0.1) is 12.9 Å². The smallest absolute Gasteiger partial charge is 0.0845 e. The summed E-state index contributed by atoms with van der Waals surface area (Å²) < 4.78 is 5.11. The van der Waals surface area contributed by atoms with Crippen LogP contribution in [0.2, 0.25) is 0 Å². The van der Waals surface area contributed by atoms with E-state index in [0.29, 0.717) is 0 Å². The fourth-order valence-electron chi connectivity index (χ4n) is 0.991. The van der Waals surface area contributed by atoms with Crippen LogP contribution < -0.4 is 0 Å². The second kappa shape index (κ2) is 4.60. The average molecular weight is 162 g/mol. The Morgan fingerprint density at radius 2 is 2.08 bits per heavy atom. The number of hydrogen-bond acceptors (Lipinski definition) is 1. The van der Waals surface area contributed by atoms with Crippen LogP contribution >= 0.6 is 0 Å². The normalized spacial score (nSPS) is 10.5. The lowest BCUT2D eigenvalue weighted by Crippen LogP contribution is -1.80. The lowest BCUT2D eigenvalue weighted by Gasteiger charge is -1.98. The van der Waals surface area contributed by atoms with Crippen LogP contribution in [0.15, 0.2) is 30.5 Å². The summed E-state index contributed by atoms with van der Waals surface area (Å²) in [4.78, 5) is 0. The first-order valence-electron chi connectivity index (χ1n) is 4.18. The van der Waals surface area contributed by atoms with Crippen molar-refractivity contribution >= 4 is 6.08 Å². The van der Waals surface area contributed by atoms with Crippen molar-refractivity contribution in [1.29, 1.82) is 0 Å². The van der Waals surface area contributed by atoms with E-state index in [0.717, 1.165) is 6.61 Å². The molecule has 1 aromatic carbocycles. The molecule has 1 rings (SSSR count). The molecule has 0 unspecified atom stereocenters. The maximum Gasteiger partial charge on any atom is 0.0845 e. The highest BCUT2D eigenvalue weighted by molar-refractivity contribution is 5.52. The summed E-state index contributed by atoms with van der Waals surface area (Å²) in [6, 6.07) is 8.22. The van der Waals surface area contributed by atoms with Crippen LogP contribution in [0, 0.1) is 6.92 Å². The minimum absolute atomic E-state index is 0.725. The molecule has 0 aliphatic rings. The van der Waals surface area contributed by atoms with Gasteiger partial charge in [-0.3, -0.25) is 0 Å². The second-order valence-corrected chi connectivity index (χ2v) is 2.61. The molecule has 0 bridgehead atoms. The van der Waals surface area contributed by atoms with Crippen molar-refractivity contribution in [2.75, 3.05) is 6.61 Å². The van der Waals surface area contributed by atoms with E-state index in [2.05, 4.69) is 19.1 Å². The standard InChI is InChI=1S/C11H14O/c1-3-12-9-8-11-7-5-4-6-10(11)2/h4-9H,3H2,1-2H3/b9-8-. The molecule has 0 saturated heterocycles. The van der Waals surface area contributed by atoms with Crippen molar-refractivity contribution in [3.05, 3.63) is 41.7 Å². The molecule has 0 fully saturated rings. The van der Waals surface area contributed by atoms with Gasteiger partial charge in [-0.2, -0.15) is 0 Å². The van der Waals surface area contributed by atoms with Gasteiger partial charge in [-0.15, -0.1) is 0 Å². The SMILES string of the molecule is CCO/C=C\c1ccccc1C. The zero-order chi connectivity index (χ0) is 8.81. The highest BCUT2D eigenvalue weighted by Crippen LogP contribution is 2.08. The van der Waals surface area contributed by atoms with Gasteiger partial charge in [-0.25, -0.2) is 0 Å². The molecule has 1 heteroatoms. The van der Waals surface area contributed by atoms with Gasteiger partial charge < -0.3 is 4.74 Å². The van der Waals surface area contributed by atoms with Gasteiger partial charge in [0.15, 0.2) is 0 Å². The lowest BCUT2D eigenvalue weighted by molar-refractivity contribution is 0.272. The van der Waals surface area contributed by atoms with E-state index in [1.54, 1.807) is 6.26 Å². The van der Waals surface area contributed by atoms with Crippen LogP contribution in [0.4, 0.5) is 0 Å². The van der Waals surface area contributed by atoms with E-state index in [4.69, 9.17) is 4.74 Å². The van der Waals surface area contributed by atoms with Crippen molar-refractivity contribution in [3.63, 3.8) is 0 Å². The molecule has 0 N–H and O–H groups in total. The minimum atomic E-state index is 0.725. The number of rotatable bonds is 3. The third-order valence-electron chi connectivity index (χ3n) is 1.70. The third-order valence-corrected chi connectivity index (χ3v) is 1.70. The van der Waals surface area contributed by atoms with Crippen LogP contribution in [0.3, 0.4) is 0 Å². The number of benzene rings is 1. The monoisotopic (exact) mass is 162 g/mol. The quantitative estimate of drug-likeness (QED) is 0.621. The Morgan fingerprint density at radius 1 is 1.33 bits per heavy atom. The summed E-state index contributed by atoms with van der Waals surface area (Å²) in [6.07, 6.45) is 3.72. The molecule has 0 heterocycles. The first kappa shape index (κ1) is 8.85. The van der Waals surface area contributed by atoms with Gasteiger partial charge in [-0.05, 0) is 31.1 Å². The molecular formula is C11H14O. The predicted molar refractivity (Wildman–Crippen MR) is 51.8 cm³/mol. The van der Waals surface area contributed by atoms with Crippen molar-refractivity contribution in [1.82, 2.24) is 0 Å². The Balaban J connectivity index is 2.68. The van der Waals surface area contributed by atoms with Gasteiger partial charge in [0.1, 0.15) is 0 Å². The Kier molecular flexibility index (Phi) is 3.39. The minimum Gasteiger partial charge on any atom is -0.501 e. The van der Waals surface area contributed by atoms with Gasteiger partial charge >= 0.3 is 0 Å². The Hall–Kier alpha value is -1.24. The van der Waals surface area contributed by atoms with Crippen molar-refractivity contribution in [2.24, 2.45) is 0 Å². The molecule has 12 heavy (non-hydrogen) atoms. The molecule has 0 radical (unpaired) electrons. The Labute approximate surface area is 73.7 Å². The summed E-state index contributed by atoms with van der Waals surface area (Å²) in [6.45, 7) is 4.79. The molecule has 0 aromatic heterocycles. The first-order chi connectivity index (χ1) is 5.84. The van der Waals surface area contributed by atoms with E-state index >= 15 is 0 Å². The Morgan fingerprint density at radius 3 is 2.75 bits per heavy atom. The molecule has 0 saturated carbocycles. The van der Waals surface area contributed by atoms with Gasteiger partial charge in [0.2, 0.25) is 0 Å². The number of ether oxygens (including phenoxy) is 1. The molecule has 64 valence electrons. The van der Waals surface area contributed by atoms with Crippen LogP contribution in [-0.4, -0.2) is 6.61 Å².